The molecule has 4 rings (SSSR count). The summed E-state index contributed by atoms with van der Waals surface area (Å²) in [5.41, 5.74) is 1.63. The van der Waals surface area contributed by atoms with Gasteiger partial charge in [0.05, 0.1) is 29.4 Å². The Morgan fingerprint density at radius 2 is 1.97 bits per heavy atom. The van der Waals surface area contributed by atoms with E-state index in [0.29, 0.717) is 38.3 Å². The molecule has 2 aromatic rings. The molecule has 2 aliphatic heterocycles. The standard InChI is InChI=1S/C22H26ClN5O3/c23-19-12-17(3-4-20(19)29)25-22(31)16-5-7-26(14-16)15-21(30)28-10-8-27(9-11-28)18-2-1-6-24-13-18/h1-4,6,12-13,16,29H,5,7-11,14-15H2,(H,25,31)/t16-/m1/s1. The predicted octanol–water partition coefficient (Wildman–Crippen LogP) is 2.05. The smallest absolute Gasteiger partial charge is 0.236 e. The molecular formula is C22H26ClN5O3. The number of hydrogen-bond acceptors (Lipinski definition) is 6. The van der Waals surface area contributed by atoms with Gasteiger partial charge in [0.25, 0.3) is 0 Å². The molecule has 9 heteroatoms. The van der Waals surface area contributed by atoms with Crippen LogP contribution in [0, 0.1) is 5.92 Å². The van der Waals surface area contributed by atoms with Crippen LogP contribution in [0.2, 0.25) is 5.02 Å². The highest BCUT2D eigenvalue weighted by atomic mass is 35.5. The lowest BCUT2D eigenvalue weighted by Crippen LogP contribution is -2.51. The summed E-state index contributed by atoms with van der Waals surface area (Å²) < 4.78 is 0. The van der Waals surface area contributed by atoms with Crippen molar-refractivity contribution < 1.29 is 14.7 Å². The van der Waals surface area contributed by atoms with E-state index in [0.717, 1.165) is 25.3 Å². The van der Waals surface area contributed by atoms with Gasteiger partial charge in [-0.1, -0.05) is 11.6 Å². The summed E-state index contributed by atoms with van der Waals surface area (Å²) in [5, 5.41) is 12.5. The number of benzene rings is 1. The second kappa shape index (κ2) is 9.53. The Balaban J connectivity index is 1.23. The number of aromatic hydroxyl groups is 1. The Bertz CT molecular complexity index is 934. The van der Waals surface area contributed by atoms with Gasteiger partial charge in [-0.05, 0) is 43.3 Å². The molecule has 0 radical (unpaired) electrons. The van der Waals surface area contributed by atoms with Gasteiger partial charge in [0, 0.05) is 44.6 Å². The summed E-state index contributed by atoms with van der Waals surface area (Å²) in [6, 6.07) is 8.54. The highest BCUT2D eigenvalue weighted by molar-refractivity contribution is 6.32. The number of hydrogen-bond donors (Lipinski definition) is 2. The number of aromatic nitrogens is 1. The molecule has 0 bridgehead atoms. The first-order valence-corrected chi connectivity index (χ1v) is 10.8. The first kappa shape index (κ1) is 21.4. The molecule has 2 fully saturated rings. The van der Waals surface area contributed by atoms with Crippen LogP contribution in [-0.2, 0) is 9.59 Å². The molecule has 31 heavy (non-hydrogen) atoms. The largest absolute Gasteiger partial charge is 0.506 e. The van der Waals surface area contributed by atoms with Gasteiger partial charge in [0.15, 0.2) is 0 Å². The molecule has 2 saturated heterocycles. The molecule has 3 heterocycles. The molecule has 2 aliphatic rings. The van der Waals surface area contributed by atoms with Crippen molar-refractivity contribution >= 4 is 34.8 Å². The number of amides is 2. The number of halogens is 1. The van der Waals surface area contributed by atoms with Crippen molar-refractivity contribution in [3.8, 4) is 5.75 Å². The number of nitrogens with zero attached hydrogens (tertiary/aromatic N) is 4. The summed E-state index contributed by atoms with van der Waals surface area (Å²) in [4.78, 5) is 35.7. The van der Waals surface area contributed by atoms with E-state index < -0.39 is 0 Å². The average molecular weight is 444 g/mol. The Morgan fingerprint density at radius 1 is 1.16 bits per heavy atom. The molecule has 0 unspecified atom stereocenters. The number of carbonyl (C=O) groups is 2. The van der Waals surface area contributed by atoms with Crippen LogP contribution in [0.4, 0.5) is 11.4 Å². The Hall–Kier alpha value is -2.84. The fourth-order valence-electron chi connectivity index (χ4n) is 4.07. The lowest BCUT2D eigenvalue weighted by Gasteiger charge is -2.36. The van der Waals surface area contributed by atoms with Gasteiger partial charge in [0.1, 0.15) is 5.75 Å². The highest BCUT2D eigenvalue weighted by Crippen LogP contribution is 2.27. The van der Waals surface area contributed by atoms with Gasteiger partial charge in [-0.15, -0.1) is 0 Å². The number of pyridine rings is 1. The van der Waals surface area contributed by atoms with Crippen LogP contribution < -0.4 is 10.2 Å². The molecule has 0 saturated carbocycles. The lowest BCUT2D eigenvalue weighted by atomic mass is 10.1. The fourth-order valence-corrected chi connectivity index (χ4v) is 4.25. The zero-order valence-corrected chi connectivity index (χ0v) is 18.0. The number of phenolic OH excluding ortho intramolecular Hbond substituents is 1. The second-order valence-corrected chi connectivity index (χ2v) is 8.36. The highest BCUT2D eigenvalue weighted by Gasteiger charge is 2.31. The van der Waals surface area contributed by atoms with E-state index in [-0.39, 0.29) is 28.5 Å². The van der Waals surface area contributed by atoms with Crippen LogP contribution >= 0.6 is 11.6 Å². The van der Waals surface area contributed by atoms with Gasteiger partial charge >= 0.3 is 0 Å². The topological polar surface area (TPSA) is 89.0 Å². The number of rotatable bonds is 5. The number of piperazine rings is 1. The summed E-state index contributed by atoms with van der Waals surface area (Å²) in [6.07, 6.45) is 4.31. The van der Waals surface area contributed by atoms with Crippen molar-refractivity contribution in [2.75, 3.05) is 56.0 Å². The maximum atomic E-state index is 12.7. The normalized spacial score (nSPS) is 19.5. The second-order valence-electron chi connectivity index (χ2n) is 7.96. The SMILES string of the molecule is O=C(Nc1ccc(O)c(Cl)c1)[C@@H]1CCN(CC(=O)N2CCN(c3cccnc3)CC2)C1. The van der Waals surface area contributed by atoms with Crippen molar-refractivity contribution in [2.45, 2.75) is 6.42 Å². The van der Waals surface area contributed by atoms with E-state index in [1.54, 1.807) is 12.3 Å². The first-order chi connectivity index (χ1) is 15.0. The number of nitrogens with one attached hydrogen (secondary N) is 1. The first-order valence-electron chi connectivity index (χ1n) is 10.4. The Morgan fingerprint density at radius 3 is 2.68 bits per heavy atom. The number of likely N-dealkylation sites (tertiary alicyclic amines) is 1. The molecule has 8 nitrogen and oxygen atoms in total. The van der Waals surface area contributed by atoms with Crippen molar-refractivity contribution in [2.24, 2.45) is 5.92 Å². The molecule has 2 N–H and O–H groups in total. The summed E-state index contributed by atoms with van der Waals surface area (Å²) >= 11 is 5.90. The van der Waals surface area contributed by atoms with E-state index >= 15 is 0 Å². The van der Waals surface area contributed by atoms with Crippen LogP contribution in [0.15, 0.2) is 42.7 Å². The summed E-state index contributed by atoms with van der Waals surface area (Å²) in [7, 11) is 0. The van der Waals surface area contributed by atoms with Crippen LogP contribution in [0.3, 0.4) is 0 Å². The number of phenols is 1. The zero-order valence-electron chi connectivity index (χ0n) is 17.2. The molecule has 0 aliphatic carbocycles. The fraction of sp³-hybridized carbons (Fsp3) is 0.409. The zero-order chi connectivity index (χ0) is 21.8. The van der Waals surface area contributed by atoms with Gasteiger partial charge in [-0.25, -0.2) is 0 Å². The third-order valence-electron chi connectivity index (χ3n) is 5.86. The van der Waals surface area contributed by atoms with Crippen LogP contribution in [0.1, 0.15) is 6.42 Å². The molecule has 1 atom stereocenters. The van der Waals surface area contributed by atoms with E-state index in [2.05, 4.69) is 15.2 Å². The van der Waals surface area contributed by atoms with Crippen LogP contribution in [0.5, 0.6) is 5.75 Å². The van der Waals surface area contributed by atoms with E-state index in [9.17, 15) is 14.7 Å². The van der Waals surface area contributed by atoms with E-state index in [4.69, 9.17) is 11.6 Å². The molecule has 1 aromatic heterocycles. The molecule has 2 amide bonds. The van der Waals surface area contributed by atoms with Crippen molar-refractivity contribution in [3.05, 3.63) is 47.7 Å². The Labute approximate surface area is 186 Å². The summed E-state index contributed by atoms with van der Waals surface area (Å²) in [6.45, 7) is 4.56. The summed E-state index contributed by atoms with van der Waals surface area (Å²) in [5.74, 6) is -0.187. The quantitative estimate of drug-likeness (QED) is 0.687. The minimum Gasteiger partial charge on any atom is -0.506 e. The minimum absolute atomic E-state index is 0.0218. The Kier molecular flexibility index (Phi) is 6.58. The minimum atomic E-state index is -0.178. The van der Waals surface area contributed by atoms with Gasteiger partial charge in [-0.2, -0.15) is 0 Å². The van der Waals surface area contributed by atoms with Crippen molar-refractivity contribution in [1.29, 1.82) is 0 Å². The number of carbonyl (C=O) groups excluding carboxylic acids is 2. The van der Waals surface area contributed by atoms with Gasteiger partial charge in [0.2, 0.25) is 11.8 Å². The van der Waals surface area contributed by atoms with E-state index in [1.165, 1.54) is 12.1 Å². The van der Waals surface area contributed by atoms with E-state index in [1.807, 2.05) is 28.1 Å². The monoisotopic (exact) mass is 443 g/mol. The predicted molar refractivity (Wildman–Crippen MR) is 119 cm³/mol. The number of anilines is 2. The molecular weight excluding hydrogens is 418 g/mol. The van der Waals surface area contributed by atoms with Crippen LogP contribution in [-0.4, -0.2) is 77.5 Å². The molecule has 0 spiro atoms. The average Bonchev–Trinajstić information content (AvgIpc) is 3.26. The van der Waals surface area contributed by atoms with Gasteiger partial charge in [-0.3, -0.25) is 19.5 Å². The van der Waals surface area contributed by atoms with Crippen LogP contribution in [0.25, 0.3) is 0 Å². The maximum Gasteiger partial charge on any atom is 0.236 e. The lowest BCUT2D eigenvalue weighted by molar-refractivity contribution is -0.132. The van der Waals surface area contributed by atoms with Crippen molar-refractivity contribution in [3.63, 3.8) is 0 Å². The maximum absolute atomic E-state index is 12.7. The third-order valence-corrected chi connectivity index (χ3v) is 6.16. The van der Waals surface area contributed by atoms with Gasteiger partial charge < -0.3 is 20.2 Å². The molecule has 164 valence electrons. The molecule has 1 aromatic carbocycles. The third kappa shape index (κ3) is 5.26. The van der Waals surface area contributed by atoms with Crippen molar-refractivity contribution in [1.82, 2.24) is 14.8 Å².